The minimum atomic E-state index is -2.67. The lowest BCUT2D eigenvalue weighted by Crippen LogP contribution is -2.47. The predicted octanol–water partition coefficient (Wildman–Crippen LogP) is -0.985. The van der Waals surface area contributed by atoms with Crippen LogP contribution in [0.4, 0.5) is 4.79 Å². The predicted molar refractivity (Wildman–Crippen MR) is 44.6 cm³/mol. The van der Waals surface area contributed by atoms with Crippen molar-refractivity contribution in [2.75, 3.05) is 11.5 Å². The van der Waals surface area contributed by atoms with E-state index in [4.69, 9.17) is 4.78 Å². The lowest BCUT2D eigenvalue weighted by atomic mass is 10.0. The molecule has 2 fully saturated rings. The largest absolute Gasteiger partial charge is 0.322 e. The molecule has 0 aromatic carbocycles. The fourth-order valence-electron chi connectivity index (χ4n) is 1.69. The van der Waals surface area contributed by atoms with Gasteiger partial charge in [-0.2, -0.15) is 0 Å². The summed E-state index contributed by atoms with van der Waals surface area (Å²) in [5.41, 5.74) is -1.06. The normalized spacial score (nSPS) is 43.7. The first-order chi connectivity index (χ1) is 5.94. The van der Waals surface area contributed by atoms with Gasteiger partial charge in [0.1, 0.15) is 5.54 Å². The Morgan fingerprint density at radius 3 is 2.54 bits per heavy atom. The molecule has 2 unspecified atom stereocenters. The Morgan fingerprint density at radius 2 is 2.15 bits per heavy atom. The maximum absolute atomic E-state index is 11.3. The van der Waals surface area contributed by atoms with Gasteiger partial charge in [0, 0.05) is 15.5 Å². The number of hydrogen-bond acceptors (Lipinski definition) is 4. The number of nitrogens with one attached hydrogen (secondary N) is 3. The van der Waals surface area contributed by atoms with Gasteiger partial charge < -0.3 is 5.32 Å². The third-order valence-corrected chi connectivity index (χ3v) is 4.18. The first kappa shape index (κ1) is 8.49. The summed E-state index contributed by atoms with van der Waals surface area (Å²) in [6, 6.07) is -0.554. The molecule has 2 saturated heterocycles. The molecule has 13 heavy (non-hydrogen) atoms. The van der Waals surface area contributed by atoms with Crippen LogP contribution >= 0.6 is 0 Å². The van der Waals surface area contributed by atoms with Crippen LogP contribution in [0.1, 0.15) is 6.42 Å². The molecule has 2 rings (SSSR count). The van der Waals surface area contributed by atoms with Crippen LogP contribution in [-0.2, 0) is 14.5 Å². The lowest BCUT2D eigenvalue weighted by Gasteiger charge is -2.16. The van der Waals surface area contributed by atoms with Gasteiger partial charge in [-0.05, 0) is 6.42 Å². The highest BCUT2D eigenvalue weighted by Gasteiger charge is 2.52. The first-order valence-electron chi connectivity index (χ1n) is 3.81. The third kappa shape index (κ3) is 1.19. The van der Waals surface area contributed by atoms with E-state index in [9.17, 15) is 13.8 Å². The molecule has 0 saturated carbocycles. The molecule has 2 atom stereocenters. The number of imide groups is 1. The van der Waals surface area contributed by atoms with Gasteiger partial charge in [-0.3, -0.25) is 14.9 Å². The molecule has 0 aromatic rings. The molecular weight excluding hydrogens is 194 g/mol. The number of urea groups is 1. The summed E-state index contributed by atoms with van der Waals surface area (Å²) in [5, 5.41) is 4.53. The molecule has 1 spiro atoms. The second kappa shape index (κ2) is 2.22. The van der Waals surface area contributed by atoms with Crippen molar-refractivity contribution in [1.82, 2.24) is 10.6 Å². The van der Waals surface area contributed by atoms with Gasteiger partial charge in [0.25, 0.3) is 5.91 Å². The van der Waals surface area contributed by atoms with E-state index >= 15 is 0 Å². The van der Waals surface area contributed by atoms with E-state index in [1.807, 2.05) is 0 Å². The van der Waals surface area contributed by atoms with Crippen LogP contribution in [0.25, 0.3) is 0 Å². The van der Waals surface area contributed by atoms with Crippen LogP contribution in [-0.4, -0.2) is 33.2 Å². The molecule has 6 nitrogen and oxygen atoms in total. The highest BCUT2D eigenvalue weighted by Crippen LogP contribution is 2.26. The summed E-state index contributed by atoms with van der Waals surface area (Å²) in [4.78, 5) is 22.1. The molecule has 72 valence electrons. The van der Waals surface area contributed by atoms with Crippen LogP contribution in [0.2, 0.25) is 0 Å². The Bertz CT molecular complexity index is 388. The van der Waals surface area contributed by atoms with Crippen molar-refractivity contribution in [3.05, 3.63) is 0 Å². The number of carbonyl (C=O) groups excluding carboxylic acids is 2. The van der Waals surface area contributed by atoms with Crippen LogP contribution < -0.4 is 10.6 Å². The molecule has 0 aromatic heterocycles. The first-order valence-corrected chi connectivity index (χ1v) is 5.71. The fraction of sp³-hybridized carbons (Fsp3) is 0.667. The molecule has 3 N–H and O–H groups in total. The number of hydrogen-bond donors (Lipinski definition) is 3. The summed E-state index contributed by atoms with van der Waals surface area (Å²) in [5.74, 6) is -0.326. The van der Waals surface area contributed by atoms with Crippen molar-refractivity contribution in [3.8, 4) is 0 Å². The van der Waals surface area contributed by atoms with E-state index < -0.39 is 27.2 Å². The van der Waals surface area contributed by atoms with Gasteiger partial charge in [-0.1, -0.05) is 0 Å². The summed E-state index contributed by atoms with van der Waals surface area (Å²) >= 11 is 0. The standard InChI is InChI=1S/C6H9N3O3S/c7-13(12)2-1-6(3-13)4(10)8-5(11)9-6/h7H,1-3H2,(H2,8,9,10,11). The molecular formula is C6H9N3O3S. The van der Waals surface area contributed by atoms with Gasteiger partial charge in [-0.25, -0.2) is 9.00 Å². The maximum Gasteiger partial charge on any atom is 0.322 e. The third-order valence-electron chi connectivity index (χ3n) is 2.35. The van der Waals surface area contributed by atoms with Gasteiger partial charge in [0.15, 0.2) is 0 Å². The van der Waals surface area contributed by atoms with Gasteiger partial charge in [-0.15, -0.1) is 0 Å². The van der Waals surface area contributed by atoms with E-state index in [2.05, 4.69) is 10.6 Å². The SMILES string of the molecule is N=S1(=O)CCC2(C1)NC(=O)NC2=O. The second-order valence-electron chi connectivity index (χ2n) is 3.40. The second-order valence-corrected chi connectivity index (χ2v) is 5.72. The minimum Gasteiger partial charge on any atom is -0.322 e. The van der Waals surface area contributed by atoms with Crippen molar-refractivity contribution in [2.24, 2.45) is 0 Å². The highest BCUT2D eigenvalue weighted by molar-refractivity contribution is 7.92. The zero-order chi connectivity index (χ0) is 9.69. The summed E-state index contributed by atoms with van der Waals surface area (Å²) < 4.78 is 18.7. The molecule has 7 heteroatoms. The van der Waals surface area contributed by atoms with Crippen molar-refractivity contribution >= 4 is 21.7 Å². The van der Waals surface area contributed by atoms with E-state index in [0.29, 0.717) is 6.42 Å². The van der Waals surface area contributed by atoms with Crippen LogP contribution in [0, 0.1) is 4.78 Å². The summed E-state index contributed by atoms with van der Waals surface area (Å²) in [6.45, 7) is 0. The highest BCUT2D eigenvalue weighted by atomic mass is 32.2. The van der Waals surface area contributed by atoms with Crippen LogP contribution in [0.5, 0.6) is 0 Å². The monoisotopic (exact) mass is 203 g/mol. The Kier molecular flexibility index (Phi) is 1.45. The van der Waals surface area contributed by atoms with Crippen molar-refractivity contribution in [1.29, 1.82) is 4.78 Å². The van der Waals surface area contributed by atoms with E-state index in [-0.39, 0.29) is 11.5 Å². The quantitative estimate of drug-likeness (QED) is 0.441. The van der Waals surface area contributed by atoms with Crippen molar-refractivity contribution in [2.45, 2.75) is 12.0 Å². The molecule has 3 amide bonds. The minimum absolute atomic E-state index is 0.0580. The molecule has 0 aliphatic carbocycles. The summed E-state index contributed by atoms with van der Waals surface area (Å²) in [7, 11) is -2.67. The molecule has 2 heterocycles. The Labute approximate surface area is 75.0 Å². The maximum atomic E-state index is 11.3. The number of amides is 3. The zero-order valence-corrected chi connectivity index (χ0v) is 7.57. The van der Waals surface area contributed by atoms with E-state index in [0.717, 1.165) is 0 Å². The fourth-order valence-corrected chi connectivity index (χ4v) is 3.65. The molecule has 2 aliphatic heterocycles. The van der Waals surface area contributed by atoms with Crippen molar-refractivity contribution < 1.29 is 13.8 Å². The Hall–Kier alpha value is -1.11. The average Bonchev–Trinajstić information content (AvgIpc) is 2.38. The smallest absolute Gasteiger partial charge is 0.322 e. The Balaban J connectivity index is 2.34. The topological polar surface area (TPSA) is 99.1 Å². The van der Waals surface area contributed by atoms with Crippen LogP contribution in [0.15, 0.2) is 0 Å². The Morgan fingerprint density at radius 1 is 1.46 bits per heavy atom. The average molecular weight is 203 g/mol. The van der Waals surface area contributed by atoms with Gasteiger partial charge >= 0.3 is 6.03 Å². The van der Waals surface area contributed by atoms with Gasteiger partial charge in [0.05, 0.1) is 5.75 Å². The van der Waals surface area contributed by atoms with Crippen molar-refractivity contribution in [3.63, 3.8) is 0 Å². The van der Waals surface area contributed by atoms with E-state index in [1.165, 1.54) is 0 Å². The van der Waals surface area contributed by atoms with Crippen LogP contribution in [0.3, 0.4) is 0 Å². The van der Waals surface area contributed by atoms with E-state index in [1.54, 1.807) is 0 Å². The molecule has 0 bridgehead atoms. The van der Waals surface area contributed by atoms with Gasteiger partial charge in [0.2, 0.25) is 0 Å². The molecule has 0 radical (unpaired) electrons. The number of carbonyl (C=O) groups is 2. The summed E-state index contributed by atoms with van der Waals surface area (Å²) in [6.07, 6.45) is 0.299. The lowest BCUT2D eigenvalue weighted by molar-refractivity contribution is -0.123. The zero-order valence-electron chi connectivity index (χ0n) is 6.75. The number of rotatable bonds is 0. The molecule has 2 aliphatic rings.